The number of aryl methyl sites for hydroxylation is 1. The van der Waals surface area contributed by atoms with Crippen molar-refractivity contribution in [3.8, 4) is 0 Å². The minimum absolute atomic E-state index is 0.0258. The molecule has 0 aliphatic carbocycles. The summed E-state index contributed by atoms with van der Waals surface area (Å²) in [5, 5.41) is 5.14. The normalized spacial score (nSPS) is 12.7. The third-order valence-electron chi connectivity index (χ3n) is 2.75. The third-order valence-corrected chi connectivity index (χ3v) is 4.64. The van der Waals surface area contributed by atoms with E-state index in [0.29, 0.717) is 10.8 Å². The number of hydrogen-bond acceptors (Lipinski definition) is 4. The number of nitrogens with one attached hydrogen (secondary N) is 1. The minimum atomic E-state index is -0.0258. The van der Waals surface area contributed by atoms with Crippen LogP contribution >= 0.6 is 22.7 Å². The number of carbonyl (C=O) groups excluding carboxylic acids is 1. The van der Waals surface area contributed by atoms with E-state index < -0.39 is 0 Å². The molecule has 96 valence electrons. The Morgan fingerprint density at radius 2 is 2.17 bits per heavy atom. The molecule has 18 heavy (non-hydrogen) atoms. The smallest absolute Gasteiger partial charge is 0.263 e. The van der Waals surface area contributed by atoms with Crippen LogP contribution in [0.25, 0.3) is 0 Å². The molecule has 1 amide bonds. The molecule has 0 saturated heterocycles. The molecule has 0 spiro atoms. The highest BCUT2D eigenvalue weighted by Crippen LogP contribution is 2.26. The van der Waals surface area contributed by atoms with Crippen LogP contribution in [-0.4, -0.2) is 10.9 Å². The van der Waals surface area contributed by atoms with Crippen LogP contribution in [0, 0.1) is 12.8 Å². The van der Waals surface area contributed by atoms with Crippen molar-refractivity contribution in [1.29, 1.82) is 0 Å². The van der Waals surface area contributed by atoms with Crippen LogP contribution in [0.2, 0.25) is 0 Å². The molecular formula is C13H16N2OS2. The van der Waals surface area contributed by atoms with E-state index >= 15 is 0 Å². The van der Waals surface area contributed by atoms with Crippen LogP contribution in [-0.2, 0) is 0 Å². The van der Waals surface area contributed by atoms with Crippen molar-refractivity contribution in [3.05, 3.63) is 38.5 Å². The van der Waals surface area contributed by atoms with E-state index in [2.05, 4.69) is 30.2 Å². The van der Waals surface area contributed by atoms with Crippen LogP contribution in [0.3, 0.4) is 0 Å². The molecule has 0 aliphatic heterocycles. The average molecular weight is 280 g/mol. The van der Waals surface area contributed by atoms with Crippen LogP contribution in [0.4, 0.5) is 0 Å². The Balaban J connectivity index is 2.16. The Morgan fingerprint density at radius 3 is 2.67 bits per heavy atom. The van der Waals surface area contributed by atoms with Crippen LogP contribution in [0.5, 0.6) is 0 Å². The van der Waals surface area contributed by atoms with Crippen LogP contribution in [0.15, 0.2) is 23.0 Å². The molecular weight excluding hydrogens is 264 g/mol. The zero-order chi connectivity index (χ0) is 13.1. The lowest BCUT2D eigenvalue weighted by Gasteiger charge is -2.20. The fraction of sp³-hybridized carbons (Fsp3) is 0.385. The number of rotatable bonds is 4. The topological polar surface area (TPSA) is 42.0 Å². The van der Waals surface area contributed by atoms with Crippen molar-refractivity contribution in [1.82, 2.24) is 10.3 Å². The lowest BCUT2D eigenvalue weighted by atomic mass is 10.0. The van der Waals surface area contributed by atoms with Gasteiger partial charge < -0.3 is 5.32 Å². The molecule has 0 radical (unpaired) electrons. The fourth-order valence-corrected chi connectivity index (χ4v) is 3.42. The van der Waals surface area contributed by atoms with Gasteiger partial charge in [-0.1, -0.05) is 19.9 Å². The molecule has 3 nitrogen and oxygen atoms in total. The highest BCUT2D eigenvalue weighted by atomic mass is 32.1. The van der Waals surface area contributed by atoms with Gasteiger partial charge in [0.1, 0.15) is 4.88 Å². The standard InChI is InChI=1S/C13H16N2OS2/c1-8(2)11(10-5-4-6-17-10)15-13(16)12-9(3)14-7-18-12/h4-8,11H,1-3H3,(H,15,16)/t11-/m1/s1. The highest BCUT2D eigenvalue weighted by Gasteiger charge is 2.21. The first-order valence-corrected chi connectivity index (χ1v) is 7.60. The van der Waals surface area contributed by atoms with E-state index in [1.807, 2.05) is 18.4 Å². The summed E-state index contributed by atoms with van der Waals surface area (Å²) in [7, 11) is 0. The van der Waals surface area contributed by atoms with Gasteiger partial charge in [0.05, 0.1) is 17.2 Å². The Kier molecular flexibility index (Phi) is 4.14. The zero-order valence-electron chi connectivity index (χ0n) is 10.6. The number of thiazole rings is 1. The number of amides is 1. The van der Waals surface area contributed by atoms with Gasteiger partial charge in [0.2, 0.25) is 0 Å². The minimum Gasteiger partial charge on any atom is -0.343 e. The predicted molar refractivity (Wildman–Crippen MR) is 76.2 cm³/mol. The maximum Gasteiger partial charge on any atom is 0.263 e. The second-order valence-corrected chi connectivity index (χ2v) is 6.31. The molecule has 0 bridgehead atoms. The molecule has 5 heteroatoms. The molecule has 0 saturated carbocycles. The van der Waals surface area contributed by atoms with Gasteiger partial charge in [0.25, 0.3) is 5.91 Å². The highest BCUT2D eigenvalue weighted by molar-refractivity contribution is 7.12. The molecule has 1 atom stereocenters. The maximum atomic E-state index is 12.2. The molecule has 2 aromatic heterocycles. The molecule has 2 rings (SSSR count). The lowest BCUT2D eigenvalue weighted by molar-refractivity contribution is 0.0930. The average Bonchev–Trinajstić information content (AvgIpc) is 2.95. The van der Waals surface area contributed by atoms with Gasteiger partial charge in [-0.05, 0) is 24.3 Å². The monoisotopic (exact) mass is 280 g/mol. The molecule has 0 unspecified atom stereocenters. The number of thiophene rings is 1. The third kappa shape index (κ3) is 2.79. The van der Waals surface area contributed by atoms with E-state index in [4.69, 9.17) is 0 Å². The van der Waals surface area contributed by atoms with Gasteiger partial charge in [0.15, 0.2) is 0 Å². The zero-order valence-corrected chi connectivity index (χ0v) is 12.3. The van der Waals surface area contributed by atoms with E-state index in [0.717, 1.165) is 5.69 Å². The quantitative estimate of drug-likeness (QED) is 0.929. The molecule has 0 aliphatic rings. The Labute approximate surface area is 115 Å². The molecule has 2 heterocycles. The van der Waals surface area contributed by atoms with E-state index in [1.165, 1.54) is 16.2 Å². The van der Waals surface area contributed by atoms with Gasteiger partial charge in [-0.25, -0.2) is 4.98 Å². The number of hydrogen-bond donors (Lipinski definition) is 1. The SMILES string of the molecule is Cc1ncsc1C(=O)N[C@@H](c1cccs1)C(C)C. The van der Waals surface area contributed by atoms with E-state index in [-0.39, 0.29) is 11.9 Å². The van der Waals surface area contributed by atoms with Gasteiger partial charge in [0, 0.05) is 4.88 Å². The number of nitrogens with zero attached hydrogens (tertiary/aromatic N) is 1. The van der Waals surface area contributed by atoms with Gasteiger partial charge in [-0.15, -0.1) is 22.7 Å². The fourth-order valence-electron chi connectivity index (χ4n) is 1.76. The summed E-state index contributed by atoms with van der Waals surface area (Å²) >= 11 is 3.06. The summed E-state index contributed by atoms with van der Waals surface area (Å²) in [5.74, 6) is 0.336. The van der Waals surface area contributed by atoms with Crippen LogP contribution < -0.4 is 5.32 Å². The molecule has 0 fully saturated rings. The summed E-state index contributed by atoms with van der Waals surface area (Å²) in [6, 6.07) is 4.15. The lowest BCUT2D eigenvalue weighted by Crippen LogP contribution is -2.31. The Morgan fingerprint density at radius 1 is 1.39 bits per heavy atom. The van der Waals surface area contributed by atoms with Crippen molar-refractivity contribution in [2.75, 3.05) is 0 Å². The van der Waals surface area contributed by atoms with E-state index in [1.54, 1.807) is 16.8 Å². The van der Waals surface area contributed by atoms with Gasteiger partial charge >= 0.3 is 0 Å². The summed E-state index contributed by atoms with van der Waals surface area (Å²) in [6.07, 6.45) is 0. The summed E-state index contributed by atoms with van der Waals surface area (Å²) in [5.41, 5.74) is 2.51. The van der Waals surface area contributed by atoms with Crippen LogP contribution in [0.1, 0.15) is 40.1 Å². The van der Waals surface area contributed by atoms with Gasteiger partial charge in [-0.2, -0.15) is 0 Å². The van der Waals surface area contributed by atoms with Crippen molar-refractivity contribution in [2.45, 2.75) is 26.8 Å². The first-order chi connectivity index (χ1) is 8.59. The summed E-state index contributed by atoms with van der Waals surface area (Å²) < 4.78 is 0. The second-order valence-electron chi connectivity index (χ2n) is 4.48. The van der Waals surface area contributed by atoms with E-state index in [9.17, 15) is 4.79 Å². The predicted octanol–water partition coefficient (Wildman–Crippen LogP) is 3.64. The van der Waals surface area contributed by atoms with Crippen molar-refractivity contribution in [2.24, 2.45) is 5.92 Å². The number of carbonyl (C=O) groups is 1. The Hall–Kier alpha value is -1.20. The summed E-state index contributed by atoms with van der Waals surface area (Å²) in [6.45, 7) is 6.09. The second kappa shape index (κ2) is 5.63. The van der Waals surface area contributed by atoms with Crippen molar-refractivity contribution in [3.63, 3.8) is 0 Å². The molecule has 2 aromatic rings. The largest absolute Gasteiger partial charge is 0.343 e. The number of aromatic nitrogens is 1. The first kappa shape index (κ1) is 13.2. The molecule has 0 aromatic carbocycles. The maximum absolute atomic E-state index is 12.2. The van der Waals surface area contributed by atoms with Crippen molar-refractivity contribution < 1.29 is 4.79 Å². The molecule has 1 N–H and O–H groups in total. The Bertz CT molecular complexity index is 517. The van der Waals surface area contributed by atoms with Crippen molar-refractivity contribution >= 4 is 28.6 Å². The first-order valence-electron chi connectivity index (χ1n) is 5.84. The van der Waals surface area contributed by atoms with Gasteiger partial charge in [-0.3, -0.25) is 4.79 Å². The summed E-state index contributed by atoms with van der Waals surface area (Å²) in [4.78, 5) is 18.2.